The minimum absolute atomic E-state index is 0.0171. The first-order valence-electron chi connectivity index (χ1n) is 9.41. The van der Waals surface area contributed by atoms with E-state index in [4.69, 9.17) is 25.6 Å². The molecule has 0 aliphatic rings. The zero-order valence-electron chi connectivity index (χ0n) is 16.6. The summed E-state index contributed by atoms with van der Waals surface area (Å²) in [7, 11) is 0. The summed E-state index contributed by atoms with van der Waals surface area (Å²) in [6, 6.07) is 14.7. The van der Waals surface area contributed by atoms with Gasteiger partial charge in [0.2, 0.25) is 0 Å². The first-order chi connectivity index (χ1) is 14.5. The predicted octanol–water partition coefficient (Wildman–Crippen LogP) is 4.62. The van der Waals surface area contributed by atoms with Crippen LogP contribution in [0.3, 0.4) is 0 Å². The van der Waals surface area contributed by atoms with E-state index >= 15 is 0 Å². The zero-order chi connectivity index (χ0) is 21.1. The number of para-hydroxylation sites is 2. The molecule has 0 saturated carbocycles. The normalized spacial score (nSPS) is 11.0. The van der Waals surface area contributed by atoms with E-state index in [0.717, 1.165) is 16.6 Å². The molecule has 8 heteroatoms. The molecule has 0 bridgehead atoms. The topological polar surface area (TPSA) is 79.4 Å². The monoisotopic (exact) mass is 425 g/mol. The third kappa shape index (κ3) is 4.31. The highest BCUT2D eigenvalue weighted by Crippen LogP contribution is 2.20. The summed E-state index contributed by atoms with van der Waals surface area (Å²) in [5, 5.41) is 4.51. The standard InChI is InChI=1S/C22H20ClN3O4/c1-14-18(15(2)30-25-14)12-29-22(27)11-26-20-6-4-3-5-19(20)24-21(26)13-28-17-9-7-16(23)8-10-17/h3-10H,11-13H2,1-2H3. The largest absolute Gasteiger partial charge is 0.486 e. The van der Waals surface area contributed by atoms with Crippen LogP contribution in [0.25, 0.3) is 11.0 Å². The fourth-order valence-corrected chi connectivity index (χ4v) is 3.25. The van der Waals surface area contributed by atoms with Crippen molar-refractivity contribution in [1.82, 2.24) is 14.7 Å². The highest BCUT2D eigenvalue weighted by Gasteiger charge is 2.17. The number of aromatic nitrogens is 3. The maximum Gasteiger partial charge on any atom is 0.326 e. The Bertz CT molecular complexity index is 1160. The van der Waals surface area contributed by atoms with Gasteiger partial charge >= 0.3 is 5.97 Å². The Morgan fingerprint density at radius 3 is 2.60 bits per heavy atom. The number of halogens is 1. The lowest BCUT2D eigenvalue weighted by atomic mass is 10.2. The molecule has 0 spiro atoms. The van der Waals surface area contributed by atoms with Gasteiger partial charge in [-0.15, -0.1) is 0 Å². The maximum atomic E-state index is 12.6. The van der Waals surface area contributed by atoms with Crippen LogP contribution >= 0.6 is 11.6 Å². The average Bonchev–Trinajstić information content (AvgIpc) is 3.25. The molecule has 7 nitrogen and oxygen atoms in total. The molecule has 4 aromatic rings. The van der Waals surface area contributed by atoms with E-state index in [2.05, 4.69) is 10.1 Å². The van der Waals surface area contributed by atoms with Gasteiger partial charge in [0.05, 0.1) is 22.3 Å². The summed E-state index contributed by atoms with van der Waals surface area (Å²) in [5.74, 6) is 1.55. The molecule has 2 aromatic heterocycles. The van der Waals surface area contributed by atoms with Gasteiger partial charge < -0.3 is 18.6 Å². The molecule has 0 fully saturated rings. The Kier molecular flexibility index (Phi) is 5.72. The van der Waals surface area contributed by atoms with E-state index in [1.165, 1.54) is 0 Å². The molecule has 0 N–H and O–H groups in total. The highest BCUT2D eigenvalue weighted by atomic mass is 35.5. The molecule has 0 aliphatic carbocycles. The quantitative estimate of drug-likeness (QED) is 0.402. The number of benzene rings is 2. The SMILES string of the molecule is Cc1noc(C)c1COC(=O)Cn1c(COc2ccc(Cl)cc2)nc2ccccc21. The number of nitrogens with zero attached hydrogens (tertiary/aromatic N) is 3. The van der Waals surface area contributed by atoms with Crippen molar-refractivity contribution in [2.45, 2.75) is 33.6 Å². The number of esters is 1. The molecule has 154 valence electrons. The van der Waals surface area contributed by atoms with E-state index < -0.39 is 0 Å². The fourth-order valence-electron chi connectivity index (χ4n) is 3.13. The van der Waals surface area contributed by atoms with Crippen LogP contribution in [0.2, 0.25) is 5.02 Å². The van der Waals surface area contributed by atoms with E-state index in [1.807, 2.05) is 31.2 Å². The second-order valence-corrected chi connectivity index (χ2v) is 7.25. The summed E-state index contributed by atoms with van der Waals surface area (Å²) in [5.41, 5.74) is 3.11. The third-order valence-corrected chi connectivity index (χ3v) is 5.01. The number of ether oxygens (including phenoxy) is 2. The van der Waals surface area contributed by atoms with Gasteiger partial charge in [-0.3, -0.25) is 4.79 Å². The van der Waals surface area contributed by atoms with E-state index in [0.29, 0.717) is 28.1 Å². The van der Waals surface area contributed by atoms with Gasteiger partial charge in [-0.05, 0) is 50.2 Å². The molecule has 0 saturated heterocycles. The Morgan fingerprint density at radius 2 is 1.87 bits per heavy atom. The van der Waals surface area contributed by atoms with Gasteiger partial charge in [-0.25, -0.2) is 4.98 Å². The number of carbonyl (C=O) groups excluding carboxylic acids is 1. The number of hydrogen-bond acceptors (Lipinski definition) is 6. The molecule has 2 aromatic carbocycles. The van der Waals surface area contributed by atoms with Gasteiger partial charge in [0, 0.05) is 5.02 Å². The number of aryl methyl sites for hydroxylation is 2. The number of hydrogen-bond donors (Lipinski definition) is 0. The molecule has 0 radical (unpaired) electrons. The van der Waals surface area contributed by atoms with E-state index in [1.54, 1.807) is 35.8 Å². The van der Waals surface area contributed by atoms with Crippen LogP contribution in [0.15, 0.2) is 53.1 Å². The van der Waals surface area contributed by atoms with Crippen molar-refractivity contribution in [3.8, 4) is 5.75 Å². The van der Waals surface area contributed by atoms with Crippen molar-refractivity contribution in [1.29, 1.82) is 0 Å². The molecule has 0 aliphatic heterocycles. The summed E-state index contributed by atoms with van der Waals surface area (Å²) in [6.45, 7) is 3.94. The maximum absolute atomic E-state index is 12.6. The molecular formula is C22H20ClN3O4. The van der Waals surface area contributed by atoms with Crippen LogP contribution in [0.5, 0.6) is 5.75 Å². The number of imidazole rings is 1. The van der Waals surface area contributed by atoms with E-state index in [9.17, 15) is 4.79 Å². The Hall–Kier alpha value is -3.32. The van der Waals surface area contributed by atoms with Gasteiger partial charge in [0.1, 0.15) is 37.1 Å². The molecule has 4 rings (SSSR count). The second kappa shape index (κ2) is 8.59. The van der Waals surface area contributed by atoms with Gasteiger partial charge in [-0.1, -0.05) is 28.9 Å². The first kappa shape index (κ1) is 20.0. The molecule has 0 atom stereocenters. The molecule has 0 amide bonds. The molecule has 30 heavy (non-hydrogen) atoms. The molecule has 2 heterocycles. The summed E-state index contributed by atoms with van der Waals surface area (Å²) < 4.78 is 18.2. The van der Waals surface area contributed by atoms with Crippen molar-refractivity contribution >= 4 is 28.6 Å². The van der Waals surface area contributed by atoms with Crippen LogP contribution in [0, 0.1) is 13.8 Å². The van der Waals surface area contributed by atoms with Crippen LogP contribution < -0.4 is 4.74 Å². The first-order valence-corrected chi connectivity index (χ1v) is 9.79. The van der Waals surface area contributed by atoms with Crippen molar-refractivity contribution in [3.05, 3.63) is 76.4 Å². The number of carbonyl (C=O) groups is 1. The van der Waals surface area contributed by atoms with Crippen LogP contribution in [-0.2, 0) is 29.3 Å². The fraction of sp³-hybridized carbons (Fsp3) is 0.227. The summed E-state index contributed by atoms with van der Waals surface area (Å²) >= 11 is 5.92. The lowest BCUT2D eigenvalue weighted by molar-refractivity contribution is -0.145. The number of rotatable bonds is 7. The minimum atomic E-state index is -0.383. The highest BCUT2D eigenvalue weighted by molar-refractivity contribution is 6.30. The second-order valence-electron chi connectivity index (χ2n) is 6.81. The summed E-state index contributed by atoms with van der Waals surface area (Å²) in [6.07, 6.45) is 0. The lowest BCUT2D eigenvalue weighted by Crippen LogP contribution is -2.17. The van der Waals surface area contributed by atoms with Crippen LogP contribution in [0.1, 0.15) is 22.8 Å². The predicted molar refractivity (Wildman–Crippen MR) is 111 cm³/mol. The van der Waals surface area contributed by atoms with E-state index in [-0.39, 0.29) is 25.7 Å². The van der Waals surface area contributed by atoms with Crippen molar-refractivity contribution in [2.75, 3.05) is 0 Å². The van der Waals surface area contributed by atoms with Crippen molar-refractivity contribution < 1.29 is 18.8 Å². The minimum Gasteiger partial charge on any atom is -0.486 e. The van der Waals surface area contributed by atoms with Gasteiger partial charge in [0.25, 0.3) is 0 Å². The summed E-state index contributed by atoms with van der Waals surface area (Å²) in [4.78, 5) is 17.2. The smallest absolute Gasteiger partial charge is 0.326 e. The Labute approximate surface area is 178 Å². The van der Waals surface area contributed by atoms with Gasteiger partial charge in [0.15, 0.2) is 0 Å². The van der Waals surface area contributed by atoms with Crippen molar-refractivity contribution in [2.24, 2.45) is 0 Å². The van der Waals surface area contributed by atoms with Crippen LogP contribution in [-0.4, -0.2) is 20.7 Å². The third-order valence-electron chi connectivity index (χ3n) is 4.76. The Balaban J connectivity index is 1.50. The Morgan fingerprint density at radius 1 is 1.10 bits per heavy atom. The molecule has 0 unspecified atom stereocenters. The average molecular weight is 426 g/mol. The lowest BCUT2D eigenvalue weighted by Gasteiger charge is -2.11. The van der Waals surface area contributed by atoms with Crippen molar-refractivity contribution in [3.63, 3.8) is 0 Å². The van der Waals surface area contributed by atoms with Crippen LogP contribution in [0.4, 0.5) is 0 Å². The number of fused-ring (bicyclic) bond motifs is 1. The molecular weight excluding hydrogens is 406 g/mol. The zero-order valence-corrected chi connectivity index (χ0v) is 17.3. The van der Waals surface area contributed by atoms with Gasteiger partial charge in [-0.2, -0.15) is 0 Å².